The molecule has 1 aliphatic carbocycles. The van der Waals surface area contributed by atoms with Crippen molar-refractivity contribution in [2.75, 3.05) is 13.1 Å². The summed E-state index contributed by atoms with van der Waals surface area (Å²) in [4.78, 5) is 0. The van der Waals surface area contributed by atoms with Crippen molar-refractivity contribution in [2.45, 2.75) is 12.8 Å². The van der Waals surface area contributed by atoms with Gasteiger partial charge in [0.05, 0.1) is 0 Å². The molecule has 2 heteroatoms. The van der Waals surface area contributed by atoms with E-state index in [0.717, 1.165) is 5.57 Å². The Bertz CT molecular complexity index is 291. The number of aliphatic hydroxyl groups excluding tert-OH is 1. The van der Waals surface area contributed by atoms with E-state index in [9.17, 15) is 0 Å². The summed E-state index contributed by atoms with van der Waals surface area (Å²) in [5.41, 5.74) is 1.72. The van der Waals surface area contributed by atoms with Crippen LogP contribution in [0, 0.1) is 11.3 Å². The summed E-state index contributed by atoms with van der Waals surface area (Å²) in [6.07, 6.45) is 6.00. The van der Waals surface area contributed by atoms with Gasteiger partial charge in [-0.1, -0.05) is 24.8 Å². The summed E-state index contributed by atoms with van der Waals surface area (Å²) in [7, 11) is 0. The average Bonchev–Trinajstić information content (AvgIpc) is 1.95. The van der Waals surface area contributed by atoms with Crippen LogP contribution < -0.4 is 5.32 Å². The second kappa shape index (κ2) is 3.28. The molecule has 2 aliphatic rings. The SMILES string of the molecule is C=C(O)/C=C\C(=C)C1CC2(CNC2)C1. The fourth-order valence-corrected chi connectivity index (χ4v) is 2.35. The summed E-state index contributed by atoms with van der Waals surface area (Å²) in [6, 6.07) is 0. The Morgan fingerprint density at radius 1 is 1.29 bits per heavy atom. The first-order valence-electron chi connectivity index (χ1n) is 5.07. The minimum absolute atomic E-state index is 0.102. The van der Waals surface area contributed by atoms with E-state index in [-0.39, 0.29) is 5.76 Å². The van der Waals surface area contributed by atoms with Gasteiger partial charge in [-0.25, -0.2) is 0 Å². The van der Waals surface area contributed by atoms with Gasteiger partial charge < -0.3 is 10.4 Å². The van der Waals surface area contributed by atoms with Crippen LogP contribution in [0.15, 0.2) is 36.6 Å². The molecule has 76 valence electrons. The van der Waals surface area contributed by atoms with Gasteiger partial charge in [-0.3, -0.25) is 0 Å². The molecule has 2 nitrogen and oxygen atoms in total. The van der Waals surface area contributed by atoms with Crippen LogP contribution in [0.3, 0.4) is 0 Å². The second-order valence-electron chi connectivity index (χ2n) is 4.61. The lowest BCUT2D eigenvalue weighted by atomic mass is 9.57. The van der Waals surface area contributed by atoms with Crippen molar-refractivity contribution in [3.8, 4) is 0 Å². The average molecular weight is 191 g/mol. The lowest BCUT2D eigenvalue weighted by molar-refractivity contribution is 0.0190. The highest BCUT2D eigenvalue weighted by Gasteiger charge is 2.48. The summed E-state index contributed by atoms with van der Waals surface area (Å²) in [5, 5.41) is 12.2. The smallest absolute Gasteiger partial charge is 0.108 e. The topological polar surface area (TPSA) is 32.3 Å². The second-order valence-corrected chi connectivity index (χ2v) is 4.61. The maximum Gasteiger partial charge on any atom is 0.108 e. The van der Waals surface area contributed by atoms with Crippen LogP contribution in [0.1, 0.15) is 12.8 Å². The molecule has 1 heterocycles. The van der Waals surface area contributed by atoms with Gasteiger partial charge in [0, 0.05) is 13.1 Å². The van der Waals surface area contributed by atoms with Crippen LogP contribution in [-0.4, -0.2) is 18.2 Å². The van der Waals surface area contributed by atoms with Gasteiger partial charge in [0.2, 0.25) is 0 Å². The highest BCUT2D eigenvalue weighted by Crippen LogP contribution is 2.51. The van der Waals surface area contributed by atoms with E-state index in [1.165, 1.54) is 25.9 Å². The molecule has 2 rings (SSSR count). The first-order chi connectivity index (χ1) is 6.61. The molecule has 1 saturated carbocycles. The molecule has 14 heavy (non-hydrogen) atoms. The molecule has 2 N–H and O–H groups in total. The predicted molar refractivity (Wildman–Crippen MR) is 58.1 cm³/mol. The van der Waals surface area contributed by atoms with E-state index in [1.807, 2.05) is 6.08 Å². The maximum atomic E-state index is 8.90. The zero-order valence-corrected chi connectivity index (χ0v) is 8.42. The first kappa shape index (κ1) is 9.53. The molecule has 1 spiro atoms. The molecule has 0 aromatic heterocycles. The van der Waals surface area contributed by atoms with Crippen molar-refractivity contribution < 1.29 is 5.11 Å². The third-order valence-electron chi connectivity index (χ3n) is 3.37. The molecule has 0 atom stereocenters. The Morgan fingerprint density at radius 2 is 1.93 bits per heavy atom. The van der Waals surface area contributed by atoms with Gasteiger partial charge in [-0.05, 0) is 30.3 Å². The first-order valence-corrected chi connectivity index (χ1v) is 5.07. The van der Waals surface area contributed by atoms with Crippen LogP contribution in [0.2, 0.25) is 0 Å². The number of hydrogen-bond acceptors (Lipinski definition) is 2. The predicted octanol–water partition coefficient (Wildman–Crippen LogP) is 2.17. The highest BCUT2D eigenvalue weighted by atomic mass is 16.3. The molecular formula is C12H17NO. The van der Waals surface area contributed by atoms with Gasteiger partial charge in [-0.2, -0.15) is 0 Å². The number of aliphatic hydroxyl groups is 1. The summed E-state index contributed by atoms with van der Waals surface area (Å²) in [5.74, 6) is 0.721. The zero-order valence-electron chi connectivity index (χ0n) is 8.42. The lowest BCUT2D eigenvalue weighted by Gasteiger charge is -2.54. The van der Waals surface area contributed by atoms with Gasteiger partial charge in [0.25, 0.3) is 0 Å². The minimum Gasteiger partial charge on any atom is -0.509 e. The monoisotopic (exact) mass is 191 g/mol. The van der Waals surface area contributed by atoms with Crippen LogP contribution in [0.25, 0.3) is 0 Å². The number of rotatable bonds is 3. The summed E-state index contributed by atoms with van der Waals surface area (Å²) in [6.45, 7) is 9.76. The van der Waals surface area contributed by atoms with E-state index in [0.29, 0.717) is 11.3 Å². The summed E-state index contributed by atoms with van der Waals surface area (Å²) >= 11 is 0. The van der Waals surface area contributed by atoms with E-state index < -0.39 is 0 Å². The van der Waals surface area contributed by atoms with Crippen LogP contribution in [0.5, 0.6) is 0 Å². The van der Waals surface area contributed by atoms with E-state index in [1.54, 1.807) is 6.08 Å². The normalized spacial score (nSPS) is 24.6. The Kier molecular flexibility index (Phi) is 2.23. The van der Waals surface area contributed by atoms with Crippen molar-refractivity contribution in [3.05, 3.63) is 36.6 Å². The van der Waals surface area contributed by atoms with Gasteiger partial charge in [-0.15, -0.1) is 0 Å². The van der Waals surface area contributed by atoms with E-state index in [2.05, 4.69) is 18.5 Å². The molecule has 0 amide bonds. The molecule has 0 aromatic rings. The number of hydrogen-bond donors (Lipinski definition) is 2. The van der Waals surface area contributed by atoms with Crippen LogP contribution in [0.4, 0.5) is 0 Å². The maximum absolute atomic E-state index is 8.90. The van der Waals surface area contributed by atoms with Gasteiger partial charge >= 0.3 is 0 Å². The molecule has 1 saturated heterocycles. The van der Waals surface area contributed by atoms with Crippen LogP contribution in [-0.2, 0) is 0 Å². The van der Waals surface area contributed by atoms with Crippen molar-refractivity contribution in [3.63, 3.8) is 0 Å². The summed E-state index contributed by atoms with van der Waals surface area (Å²) < 4.78 is 0. The Hall–Kier alpha value is -1.02. The van der Waals surface area contributed by atoms with Crippen LogP contribution >= 0.6 is 0 Å². The van der Waals surface area contributed by atoms with E-state index in [4.69, 9.17) is 5.11 Å². The molecule has 0 bridgehead atoms. The Labute approximate surface area is 85.0 Å². The molecule has 2 fully saturated rings. The Morgan fingerprint density at radius 3 is 2.36 bits per heavy atom. The molecule has 0 aromatic carbocycles. The third kappa shape index (κ3) is 1.62. The van der Waals surface area contributed by atoms with E-state index >= 15 is 0 Å². The van der Waals surface area contributed by atoms with Gasteiger partial charge in [0.1, 0.15) is 5.76 Å². The standard InChI is InChI=1S/C12H17NO/c1-9(3-4-10(2)14)11-5-12(6-11)7-13-8-12/h3-4,11,13-14H,1-2,5-8H2/b4-3-. The van der Waals surface area contributed by atoms with Crippen molar-refractivity contribution in [1.29, 1.82) is 0 Å². The van der Waals surface area contributed by atoms with Gasteiger partial charge in [0.15, 0.2) is 0 Å². The molecule has 1 aliphatic heterocycles. The largest absolute Gasteiger partial charge is 0.509 e. The molecule has 0 radical (unpaired) electrons. The lowest BCUT2D eigenvalue weighted by Crippen LogP contribution is -2.60. The molecule has 0 unspecified atom stereocenters. The van der Waals surface area contributed by atoms with Crippen molar-refractivity contribution in [1.82, 2.24) is 5.32 Å². The minimum atomic E-state index is 0.102. The fraction of sp³-hybridized carbons (Fsp3) is 0.500. The number of nitrogens with one attached hydrogen (secondary N) is 1. The molecular weight excluding hydrogens is 174 g/mol. The van der Waals surface area contributed by atoms with Crippen molar-refractivity contribution >= 4 is 0 Å². The van der Waals surface area contributed by atoms with Crippen molar-refractivity contribution in [2.24, 2.45) is 11.3 Å². The fourth-order valence-electron chi connectivity index (χ4n) is 2.35. The Balaban J connectivity index is 1.81. The zero-order chi connectivity index (χ0) is 10.2. The quantitative estimate of drug-likeness (QED) is 0.529. The third-order valence-corrected chi connectivity index (χ3v) is 3.37. The number of allylic oxidation sites excluding steroid dienone is 3. The highest BCUT2D eigenvalue weighted by molar-refractivity contribution is 5.27.